The van der Waals surface area contributed by atoms with Gasteiger partial charge in [-0.3, -0.25) is 4.79 Å². The van der Waals surface area contributed by atoms with Crippen molar-refractivity contribution in [3.63, 3.8) is 0 Å². The second kappa shape index (κ2) is 9.37. The van der Waals surface area contributed by atoms with Gasteiger partial charge in [0.05, 0.1) is 7.11 Å². The van der Waals surface area contributed by atoms with E-state index in [-0.39, 0.29) is 5.91 Å². The molecule has 0 unspecified atom stereocenters. The van der Waals surface area contributed by atoms with E-state index in [1.807, 2.05) is 49.4 Å². The molecule has 1 N–H and O–H groups in total. The van der Waals surface area contributed by atoms with E-state index in [1.165, 1.54) is 7.11 Å². The van der Waals surface area contributed by atoms with Crippen molar-refractivity contribution in [2.75, 3.05) is 7.11 Å². The Morgan fingerprint density at radius 1 is 1.16 bits per heavy atom. The summed E-state index contributed by atoms with van der Waals surface area (Å²) >= 11 is 3.46. The summed E-state index contributed by atoms with van der Waals surface area (Å²) in [5.41, 5.74) is 2.28. The van der Waals surface area contributed by atoms with Crippen LogP contribution in [0.2, 0.25) is 0 Å². The molecular formula is C20H22BrNO3. The van der Waals surface area contributed by atoms with Crippen LogP contribution in [0.5, 0.6) is 0 Å². The highest BCUT2D eigenvalue weighted by Gasteiger charge is 2.23. The van der Waals surface area contributed by atoms with Crippen LogP contribution in [0, 0.1) is 0 Å². The lowest BCUT2D eigenvalue weighted by atomic mass is 9.98. The molecule has 1 atom stereocenters. The number of carbonyl (C=O) groups is 2. The Balaban J connectivity index is 2.30. The lowest BCUT2D eigenvalue weighted by Crippen LogP contribution is -2.41. The number of hydrogen-bond acceptors (Lipinski definition) is 3. The van der Waals surface area contributed by atoms with Crippen LogP contribution in [0.4, 0.5) is 0 Å². The maximum absolute atomic E-state index is 12.8. The number of unbranched alkanes of at least 4 members (excludes halogenated alkanes) is 1. The van der Waals surface area contributed by atoms with Crippen molar-refractivity contribution in [1.29, 1.82) is 0 Å². The quantitative estimate of drug-likeness (QED) is 0.688. The normalized spacial score (nSPS) is 11.6. The molecule has 0 bridgehead atoms. The molecule has 4 nitrogen and oxygen atoms in total. The van der Waals surface area contributed by atoms with Crippen LogP contribution in [-0.4, -0.2) is 25.0 Å². The van der Waals surface area contributed by atoms with E-state index < -0.39 is 12.0 Å². The molecule has 0 saturated carbocycles. The summed E-state index contributed by atoms with van der Waals surface area (Å²) in [7, 11) is 1.34. The zero-order valence-corrected chi connectivity index (χ0v) is 16.0. The third-order valence-electron chi connectivity index (χ3n) is 3.95. The van der Waals surface area contributed by atoms with Crippen molar-refractivity contribution in [2.45, 2.75) is 32.2 Å². The number of carbonyl (C=O) groups excluding carboxylic acids is 2. The molecule has 2 aromatic carbocycles. The number of hydrogen-bond donors (Lipinski definition) is 1. The Morgan fingerprint density at radius 2 is 1.88 bits per heavy atom. The van der Waals surface area contributed by atoms with Crippen molar-refractivity contribution in [3.05, 3.63) is 58.6 Å². The molecule has 0 heterocycles. The van der Waals surface area contributed by atoms with Crippen molar-refractivity contribution < 1.29 is 14.3 Å². The topological polar surface area (TPSA) is 55.4 Å². The second-order valence-electron chi connectivity index (χ2n) is 5.75. The lowest BCUT2D eigenvalue weighted by molar-refractivity contribution is -0.143. The predicted molar refractivity (Wildman–Crippen MR) is 102 cm³/mol. The minimum Gasteiger partial charge on any atom is -0.467 e. The Morgan fingerprint density at radius 3 is 2.52 bits per heavy atom. The molecule has 132 valence electrons. The summed E-state index contributed by atoms with van der Waals surface area (Å²) in [5, 5.41) is 2.82. The van der Waals surface area contributed by atoms with E-state index in [2.05, 4.69) is 21.2 Å². The summed E-state index contributed by atoms with van der Waals surface area (Å²) in [6.45, 7) is 2.04. The Labute approximate surface area is 156 Å². The first-order valence-corrected chi connectivity index (χ1v) is 9.09. The number of halogens is 1. The Hall–Kier alpha value is -2.14. The minimum absolute atomic E-state index is 0.280. The first-order valence-electron chi connectivity index (χ1n) is 8.30. The van der Waals surface area contributed by atoms with Crippen LogP contribution in [0.3, 0.4) is 0 Å². The van der Waals surface area contributed by atoms with Crippen LogP contribution in [-0.2, 0) is 9.53 Å². The van der Waals surface area contributed by atoms with E-state index in [9.17, 15) is 9.59 Å². The fourth-order valence-electron chi connectivity index (χ4n) is 2.61. The molecule has 0 spiro atoms. The van der Waals surface area contributed by atoms with Crippen molar-refractivity contribution >= 4 is 27.8 Å². The predicted octanol–water partition coefficient (Wildman–Crippen LogP) is 4.58. The third kappa shape index (κ3) is 5.16. The third-order valence-corrected chi connectivity index (χ3v) is 4.44. The molecule has 5 heteroatoms. The Bertz CT molecular complexity index is 731. The van der Waals surface area contributed by atoms with Gasteiger partial charge in [-0.15, -0.1) is 0 Å². The largest absolute Gasteiger partial charge is 0.467 e. The van der Waals surface area contributed by atoms with Gasteiger partial charge in [0.1, 0.15) is 6.04 Å². The molecule has 0 aliphatic heterocycles. The van der Waals surface area contributed by atoms with Crippen LogP contribution >= 0.6 is 15.9 Å². The SMILES string of the molecule is CCCC[C@@H](NC(=O)c1ccc(Br)cc1-c1ccccc1)C(=O)OC. The molecule has 0 radical (unpaired) electrons. The smallest absolute Gasteiger partial charge is 0.328 e. The molecule has 2 aromatic rings. The van der Waals surface area contributed by atoms with Crippen LogP contribution in [0.25, 0.3) is 11.1 Å². The average Bonchev–Trinajstić information content (AvgIpc) is 2.64. The van der Waals surface area contributed by atoms with Gasteiger partial charge in [0, 0.05) is 10.0 Å². The molecule has 0 aromatic heterocycles. The van der Waals surface area contributed by atoms with E-state index in [0.29, 0.717) is 12.0 Å². The number of ether oxygens (including phenoxy) is 1. The molecule has 0 aliphatic rings. The first kappa shape index (κ1) is 19.2. The van der Waals surface area contributed by atoms with Crippen molar-refractivity contribution in [2.24, 2.45) is 0 Å². The summed E-state index contributed by atoms with van der Waals surface area (Å²) in [6, 6.07) is 14.5. The van der Waals surface area contributed by atoms with Gasteiger partial charge < -0.3 is 10.1 Å². The van der Waals surface area contributed by atoms with Gasteiger partial charge >= 0.3 is 5.97 Å². The molecule has 25 heavy (non-hydrogen) atoms. The summed E-state index contributed by atoms with van der Waals surface area (Å²) in [4.78, 5) is 24.8. The number of benzene rings is 2. The van der Waals surface area contributed by atoms with Crippen molar-refractivity contribution in [3.8, 4) is 11.1 Å². The van der Waals surface area contributed by atoms with Gasteiger partial charge in [-0.25, -0.2) is 4.79 Å². The fourth-order valence-corrected chi connectivity index (χ4v) is 2.97. The minimum atomic E-state index is -0.635. The molecular weight excluding hydrogens is 382 g/mol. The molecule has 2 rings (SSSR count). The van der Waals surface area contributed by atoms with Gasteiger partial charge in [0.15, 0.2) is 0 Å². The van der Waals surface area contributed by atoms with Gasteiger partial charge in [0.2, 0.25) is 0 Å². The molecule has 0 aliphatic carbocycles. The zero-order valence-electron chi connectivity index (χ0n) is 14.4. The Kier molecular flexibility index (Phi) is 7.19. The second-order valence-corrected chi connectivity index (χ2v) is 6.66. The van der Waals surface area contributed by atoms with Crippen molar-refractivity contribution in [1.82, 2.24) is 5.32 Å². The van der Waals surface area contributed by atoms with Crippen LogP contribution in [0.15, 0.2) is 53.0 Å². The maximum atomic E-state index is 12.8. The number of rotatable bonds is 7. The summed E-state index contributed by atoms with van der Waals surface area (Å²) < 4.78 is 5.71. The molecule has 1 amide bonds. The van der Waals surface area contributed by atoms with E-state index >= 15 is 0 Å². The molecule has 0 fully saturated rings. The standard InChI is InChI=1S/C20H22BrNO3/c1-3-4-10-18(20(24)25-2)22-19(23)16-12-11-15(21)13-17(16)14-8-6-5-7-9-14/h5-9,11-13,18H,3-4,10H2,1-2H3,(H,22,23)/t18-/m1/s1. The number of methoxy groups -OCH3 is 1. The van der Waals surface area contributed by atoms with Gasteiger partial charge in [-0.2, -0.15) is 0 Å². The fraction of sp³-hybridized carbons (Fsp3) is 0.300. The highest BCUT2D eigenvalue weighted by Crippen LogP contribution is 2.27. The average molecular weight is 404 g/mol. The number of esters is 1. The van der Waals surface area contributed by atoms with E-state index in [1.54, 1.807) is 6.07 Å². The van der Waals surface area contributed by atoms with E-state index in [4.69, 9.17) is 4.74 Å². The van der Waals surface area contributed by atoms with Gasteiger partial charge in [-0.05, 0) is 35.7 Å². The van der Waals surface area contributed by atoms with Crippen LogP contribution < -0.4 is 5.32 Å². The summed E-state index contributed by atoms with van der Waals surface area (Å²) in [5.74, 6) is -0.696. The highest BCUT2D eigenvalue weighted by atomic mass is 79.9. The molecule has 0 saturated heterocycles. The highest BCUT2D eigenvalue weighted by molar-refractivity contribution is 9.10. The zero-order chi connectivity index (χ0) is 18.2. The van der Waals surface area contributed by atoms with Gasteiger partial charge in [-0.1, -0.05) is 66.0 Å². The first-order chi connectivity index (χ1) is 12.1. The van der Waals surface area contributed by atoms with Gasteiger partial charge in [0.25, 0.3) is 5.91 Å². The monoisotopic (exact) mass is 403 g/mol. The lowest BCUT2D eigenvalue weighted by Gasteiger charge is -2.18. The van der Waals surface area contributed by atoms with Crippen LogP contribution in [0.1, 0.15) is 36.5 Å². The number of nitrogens with one attached hydrogen (secondary N) is 1. The summed E-state index contributed by atoms with van der Waals surface area (Å²) in [6.07, 6.45) is 2.34. The maximum Gasteiger partial charge on any atom is 0.328 e. The number of amides is 1. The van der Waals surface area contributed by atoms with E-state index in [0.717, 1.165) is 28.4 Å².